The zero-order valence-electron chi connectivity index (χ0n) is 14.1. The van der Waals surface area contributed by atoms with Crippen molar-refractivity contribution < 1.29 is 9.59 Å². The van der Waals surface area contributed by atoms with Gasteiger partial charge in [-0.1, -0.05) is 35.1 Å². The molecule has 2 fully saturated rings. The van der Waals surface area contributed by atoms with Crippen molar-refractivity contribution in [3.05, 3.63) is 50.8 Å². The molecule has 1 aromatic heterocycles. The maximum absolute atomic E-state index is 12.1. The van der Waals surface area contributed by atoms with Gasteiger partial charge in [-0.2, -0.15) is 0 Å². The Balaban J connectivity index is 1.40. The summed E-state index contributed by atoms with van der Waals surface area (Å²) in [4.78, 5) is 33.9. The van der Waals surface area contributed by atoms with Crippen LogP contribution in [0.1, 0.15) is 23.3 Å². The Labute approximate surface area is 169 Å². The van der Waals surface area contributed by atoms with Crippen LogP contribution in [0.2, 0.25) is 5.02 Å². The average Bonchev–Trinajstić information content (AvgIpc) is 3.32. The topological polar surface area (TPSA) is 83.4 Å². The first kappa shape index (κ1) is 18.2. The summed E-state index contributed by atoms with van der Waals surface area (Å²) >= 11 is 8.59. The van der Waals surface area contributed by atoms with Crippen molar-refractivity contribution in [3.8, 4) is 0 Å². The lowest BCUT2D eigenvalue weighted by Gasteiger charge is -1.98. The number of nitrogens with one attached hydrogen (secondary N) is 2. The van der Waals surface area contributed by atoms with Crippen LogP contribution in [0.15, 0.2) is 40.4 Å². The molecule has 1 saturated heterocycles. The quantitative estimate of drug-likeness (QED) is 0.721. The number of benzene rings is 1. The molecule has 27 heavy (non-hydrogen) atoms. The number of anilines is 1. The molecule has 0 unspecified atom stereocenters. The van der Waals surface area contributed by atoms with Gasteiger partial charge in [-0.3, -0.25) is 14.6 Å². The van der Waals surface area contributed by atoms with Crippen LogP contribution in [0.25, 0.3) is 6.08 Å². The van der Waals surface area contributed by atoms with Gasteiger partial charge in [0.2, 0.25) is 5.91 Å². The normalized spacial score (nSPS) is 19.5. The van der Waals surface area contributed by atoms with E-state index in [0.29, 0.717) is 26.8 Å². The highest BCUT2D eigenvalue weighted by Gasteiger charge is 2.30. The number of thiazole rings is 1. The average molecular weight is 419 g/mol. The first-order valence-corrected chi connectivity index (χ1v) is 10.3. The summed E-state index contributed by atoms with van der Waals surface area (Å²) in [6.45, 7) is 0.439. The van der Waals surface area contributed by atoms with E-state index in [1.54, 1.807) is 12.3 Å². The number of hydrogen-bond donors (Lipinski definition) is 2. The van der Waals surface area contributed by atoms with E-state index < -0.39 is 0 Å². The third-order valence-electron chi connectivity index (χ3n) is 3.92. The van der Waals surface area contributed by atoms with E-state index in [1.165, 1.54) is 23.1 Å². The number of hydrogen-bond acceptors (Lipinski definition) is 6. The summed E-state index contributed by atoms with van der Waals surface area (Å²) in [6, 6.07) is 7.45. The standard InChI is InChI=1S/C18H15ClN4O2S2/c19-12-3-1-2-10(6-12)8-20-18-23-16(25)14(27-18)7-13-9-21-17(26-13)22-15(24)11-4-5-11/h1-3,6-7,9,11H,4-5,8H2,(H,20,23,25)(H,21,22,24). The van der Waals surface area contributed by atoms with Gasteiger partial charge in [-0.15, -0.1) is 0 Å². The fourth-order valence-corrected chi connectivity index (χ4v) is 4.25. The second-order valence-electron chi connectivity index (χ2n) is 6.15. The van der Waals surface area contributed by atoms with E-state index >= 15 is 0 Å². The summed E-state index contributed by atoms with van der Waals surface area (Å²) in [7, 11) is 0. The van der Waals surface area contributed by atoms with Gasteiger partial charge in [-0.05, 0) is 48.4 Å². The van der Waals surface area contributed by atoms with E-state index in [2.05, 4.69) is 20.6 Å². The number of amidine groups is 1. The minimum Gasteiger partial charge on any atom is -0.302 e. The third-order valence-corrected chi connectivity index (χ3v) is 5.96. The van der Waals surface area contributed by atoms with Crippen molar-refractivity contribution in [2.24, 2.45) is 10.9 Å². The molecule has 1 aromatic carbocycles. The number of rotatable bonds is 5. The Morgan fingerprint density at radius 1 is 1.44 bits per heavy atom. The van der Waals surface area contributed by atoms with Crippen LogP contribution in [-0.2, 0) is 16.1 Å². The van der Waals surface area contributed by atoms with Crippen LogP contribution >= 0.6 is 34.7 Å². The monoisotopic (exact) mass is 418 g/mol. The Hall–Kier alpha value is -2.16. The molecule has 138 valence electrons. The lowest BCUT2D eigenvalue weighted by molar-refractivity contribution is -0.117. The lowest BCUT2D eigenvalue weighted by atomic mass is 10.2. The van der Waals surface area contributed by atoms with Gasteiger partial charge in [0, 0.05) is 17.1 Å². The zero-order chi connectivity index (χ0) is 18.8. The molecule has 2 aromatic rings. The molecule has 0 radical (unpaired) electrons. The van der Waals surface area contributed by atoms with E-state index in [9.17, 15) is 9.59 Å². The highest BCUT2D eigenvalue weighted by molar-refractivity contribution is 8.18. The molecule has 0 bridgehead atoms. The van der Waals surface area contributed by atoms with Crippen LogP contribution in [0, 0.1) is 5.92 Å². The predicted octanol–water partition coefficient (Wildman–Crippen LogP) is 3.91. The number of carbonyl (C=O) groups is 2. The van der Waals surface area contributed by atoms with Crippen molar-refractivity contribution in [2.45, 2.75) is 19.4 Å². The summed E-state index contributed by atoms with van der Waals surface area (Å²) in [5.41, 5.74) is 0.973. The fraction of sp³-hybridized carbons (Fsp3) is 0.222. The summed E-state index contributed by atoms with van der Waals surface area (Å²) in [6.07, 6.45) is 5.30. The van der Waals surface area contributed by atoms with Gasteiger partial charge in [0.1, 0.15) is 0 Å². The molecule has 2 amide bonds. The molecular weight excluding hydrogens is 404 g/mol. The van der Waals surface area contributed by atoms with Crippen LogP contribution < -0.4 is 10.6 Å². The highest BCUT2D eigenvalue weighted by atomic mass is 35.5. The predicted molar refractivity (Wildman–Crippen MR) is 110 cm³/mol. The number of amides is 2. The van der Waals surface area contributed by atoms with Gasteiger partial charge >= 0.3 is 0 Å². The van der Waals surface area contributed by atoms with Crippen LogP contribution in [0.3, 0.4) is 0 Å². The van der Waals surface area contributed by atoms with Crippen molar-refractivity contribution in [1.82, 2.24) is 10.3 Å². The van der Waals surface area contributed by atoms with E-state index in [4.69, 9.17) is 11.6 Å². The number of aromatic nitrogens is 1. The van der Waals surface area contributed by atoms with Crippen molar-refractivity contribution in [3.63, 3.8) is 0 Å². The van der Waals surface area contributed by atoms with Crippen LogP contribution in [0.4, 0.5) is 5.13 Å². The molecule has 1 saturated carbocycles. The van der Waals surface area contributed by atoms with E-state index in [1.807, 2.05) is 24.3 Å². The molecule has 0 atom stereocenters. The number of nitrogens with zero attached hydrogens (tertiary/aromatic N) is 2. The Morgan fingerprint density at radius 2 is 2.30 bits per heavy atom. The Morgan fingerprint density at radius 3 is 3.07 bits per heavy atom. The number of thioether (sulfide) groups is 1. The minimum atomic E-state index is -0.193. The van der Waals surface area contributed by atoms with Gasteiger partial charge in [0.25, 0.3) is 5.91 Å². The summed E-state index contributed by atoms with van der Waals surface area (Å²) in [5.74, 6) is -0.0427. The summed E-state index contributed by atoms with van der Waals surface area (Å²) in [5, 5.41) is 7.33. The summed E-state index contributed by atoms with van der Waals surface area (Å²) < 4.78 is 0. The van der Waals surface area contributed by atoms with Gasteiger partial charge < -0.3 is 10.6 Å². The minimum absolute atomic E-state index is 0.0203. The molecule has 1 aliphatic carbocycles. The second-order valence-corrected chi connectivity index (χ2v) is 8.68. The molecule has 2 aliphatic rings. The molecule has 0 spiro atoms. The van der Waals surface area contributed by atoms with Gasteiger partial charge in [-0.25, -0.2) is 4.98 Å². The smallest absolute Gasteiger partial charge is 0.264 e. The number of aliphatic imine (C=N–C) groups is 1. The van der Waals surface area contributed by atoms with Crippen molar-refractivity contribution >= 4 is 62.9 Å². The first-order valence-electron chi connectivity index (χ1n) is 8.33. The van der Waals surface area contributed by atoms with Gasteiger partial charge in [0.05, 0.1) is 16.3 Å². The van der Waals surface area contributed by atoms with Gasteiger partial charge in [0.15, 0.2) is 10.3 Å². The maximum Gasteiger partial charge on any atom is 0.264 e. The Kier molecular flexibility index (Phi) is 5.29. The maximum atomic E-state index is 12.1. The molecule has 9 heteroatoms. The van der Waals surface area contributed by atoms with Crippen molar-refractivity contribution in [1.29, 1.82) is 0 Å². The first-order chi connectivity index (χ1) is 13.1. The second kappa shape index (κ2) is 7.84. The highest BCUT2D eigenvalue weighted by Crippen LogP contribution is 2.32. The van der Waals surface area contributed by atoms with Crippen LogP contribution in [0.5, 0.6) is 0 Å². The number of halogens is 1. The third kappa shape index (κ3) is 4.77. The molecule has 4 rings (SSSR count). The molecular formula is C18H15ClN4O2S2. The van der Waals surface area contributed by atoms with Crippen LogP contribution in [-0.4, -0.2) is 22.0 Å². The zero-order valence-corrected chi connectivity index (χ0v) is 16.5. The largest absolute Gasteiger partial charge is 0.302 e. The molecule has 1 aliphatic heterocycles. The fourth-order valence-electron chi connectivity index (χ4n) is 2.39. The number of carbonyl (C=O) groups excluding carboxylic acids is 2. The van der Waals surface area contributed by atoms with Crippen molar-refractivity contribution in [2.75, 3.05) is 5.32 Å². The van der Waals surface area contributed by atoms with E-state index in [0.717, 1.165) is 23.3 Å². The molecule has 2 heterocycles. The molecule has 6 nitrogen and oxygen atoms in total. The SMILES string of the molecule is O=C1NC(=NCc2cccc(Cl)c2)SC1=Cc1cnc(NC(=O)C2CC2)s1. The molecule has 2 N–H and O–H groups in total. The lowest BCUT2D eigenvalue weighted by Crippen LogP contribution is -2.19. The Bertz CT molecular complexity index is 966. The van der Waals surface area contributed by atoms with E-state index in [-0.39, 0.29) is 17.7 Å².